The normalized spacial score (nSPS) is 22.7. The van der Waals surface area contributed by atoms with Crippen LogP contribution >= 0.6 is 0 Å². The Hall–Kier alpha value is -1.10. The maximum atomic E-state index is 6.33. The maximum Gasteiger partial charge on any atom is 0.123 e. The van der Waals surface area contributed by atoms with Crippen LogP contribution in [0.1, 0.15) is 18.5 Å². The number of para-hydroxylation sites is 1. The number of ether oxygens (including phenoxy) is 2. The van der Waals surface area contributed by atoms with Crippen molar-refractivity contribution in [2.45, 2.75) is 19.1 Å². The van der Waals surface area contributed by atoms with E-state index in [1.54, 1.807) is 7.11 Å². The van der Waals surface area contributed by atoms with Gasteiger partial charge in [0.05, 0.1) is 25.9 Å². The van der Waals surface area contributed by atoms with Crippen LogP contribution in [0.5, 0.6) is 5.75 Å². The van der Waals surface area contributed by atoms with Gasteiger partial charge in [0.1, 0.15) is 5.75 Å². The number of nitrogens with zero attached hydrogens (tertiary/aromatic N) is 1. The molecule has 1 aliphatic rings. The quantitative estimate of drug-likeness (QED) is 0.878. The zero-order valence-electron chi connectivity index (χ0n) is 11.1. The van der Waals surface area contributed by atoms with Crippen LogP contribution in [0.15, 0.2) is 24.3 Å². The smallest absolute Gasteiger partial charge is 0.123 e. The number of rotatable bonds is 4. The van der Waals surface area contributed by atoms with Gasteiger partial charge in [-0.25, -0.2) is 0 Å². The van der Waals surface area contributed by atoms with Gasteiger partial charge in [-0.2, -0.15) is 0 Å². The van der Waals surface area contributed by atoms with Gasteiger partial charge in [0.15, 0.2) is 0 Å². The first-order valence-electron chi connectivity index (χ1n) is 6.48. The summed E-state index contributed by atoms with van der Waals surface area (Å²) in [6.07, 6.45) is 0.0370. The van der Waals surface area contributed by atoms with E-state index >= 15 is 0 Å². The molecule has 0 aliphatic carbocycles. The van der Waals surface area contributed by atoms with Crippen LogP contribution in [0.3, 0.4) is 0 Å². The van der Waals surface area contributed by atoms with Gasteiger partial charge in [0, 0.05) is 18.7 Å². The Morgan fingerprint density at radius 1 is 1.50 bits per heavy atom. The van der Waals surface area contributed by atoms with Crippen molar-refractivity contribution < 1.29 is 9.47 Å². The Morgan fingerprint density at radius 2 is 2.28 bits per heavy atom. The molecule has 0 spiro atoms. The highest BCUT2D eigenvalue weighted by atomic mass is 16.5. The van der Waals surface area contributed by atoms with Gasteiger partial charge < -0.3 is 15.2 Å². The van der Waals surface area contributed by atoms with Crippen molar-refractivity contribution >= 4 is 0 Å². The molecule has 0 radical (unpaired) electrons. The molecule has 1 aromatic rings. The van der Waals surface area contributed by atoms with Gasteiger partial charge >= 0.3 is 0 Å². The molecule has 18 heavy (non-hydrogen) atoms. The number of benzene rings is 1. The number of likely N-dealkylation sites (N-methyl/N-ethyl adjacent to an activating group) is 1. The van der Waals surface area contributed by atoms with Gasteiger partial charge in [-0.1, -0.05) is 25.1 Å². The molecule has 1 fully saturated rings. The van der Waals surface area contributed by atoms with Crippen LogP contribution in [0.2, 0.25) is 0 Å². The fourth-order valence-corrected chi connectivity index (χ4v) is 2.38. The molecule has 2 rings (SSSR count). The topological polar surface area (TPSA) is 47.7 Å². The first-order valence-corrected chi connectivity index (χ1v) is 6.48. The number of nitrogens with two attached hydrogens (primary N) is 1. The summed E-state index contributed by atoms with van der Waals surface area (Å²) in [5.74, 6) is 0.835. The van der Waals surface area contributed by atoms with E-state index in [0.29, 0.717) is 0 Å². The number of morpholine rings is 1. The van der Waals surface area contributed by atoms with E-state index in [1.165, 1.54) is 0 Å². The SMILES string of the molecule is CCN1CCOC(C(N)c2ccccc2OC)C1. The average Bonchev–Trinajstić information content (AvgIpc) is 2.46. The van der Waals surface area contributed by atoms with E-state index < -0.39 is 0 Å². The van der Waals surface area contributed by atoms with Gasteiger partial charge in [0.25, 0.3) is 0 Å². The Bertz CT molecular complexity index is 384. The molecular weight excluding hydrogens is 228 g/mol. The molecule has 100 valence electrons. The molecule has 2 N–H and O–H groups in total. The molecule has 0 bridgehead atoms. The third-order valence-electron chi connectivity index (χ3n) is 3.52. The standard InChI is InChI=1S/C14H22N2O2/c1-3-16-8-9-18-13(10-16)14(15)11-6-4-5-7-12(11)17-2/h4-7,13-14H,3,8-10,15H2,1-2H3. The van der Waals surface area contributed by atoms with Gasteiger partial charge in [-0.15, -0.1) is 0 Å². The molecule has 4 nitrogen and oxygen atoms in total. The van der Waals surface area contributed by atoms with Crippen molar-refractivity contribution in [3.05, 3.63) is 29.8 Å². The number of hydrogen-bond donors (Lipinski definition) is 1. The number of methoxy groups -OCH3 is 1. The van der Waals surface area contributed by atoms with Crippen molar-refractivity contribution in [2.24, 2.45) is 5.73 Å². The van der Waals surface area contributed by atoms with Crippen LogP contribution in [-0.4, -0.2) is 44.4 Å². The summed E-state index contributed by atoms with van der Waals surface area (Å²) in [5.41, 5.74) is 7.35. The molecule has 1 heterocycles. The molecule has 1 aliphatic heterocycles. The van der Waals surface area contributed by atoms with Crippen molar-refractivity contribution in [1.82, 2.24) is 4.90 Å². The summed E-state index contributed by atoms with van der Waals surface area (Å²) in [6.45, 7) is 5.83. The largest absolute Gasteiger partial charge is 0.496 e. The molecule has 2 atom stereocenters. The minimum atomic E-state index is -0.143. The summed E-state index contributed by atoms with van der Waals surface area (Å²) in [4.78, 5) is 2.36. The molecule has 0 aromatic heterocycles. The van der Waals surface area contributed by atoms with Crippen LogP contribution < -0.4 is 10.5 Å². The van der Waals surface area contributed by atoms with Crippen LogP contribution in [0.25, 0.3) is 0 Å². The second-order valence-corrected chi connectivity index (χ2v) is 4.57. The summed E-state index contributed by atoms with van der Waals surface area (Å²) in [6, 6.07) is 7.75. The lowest BCUT2D eigenvalue weighted by molar-refractivity contribution is -0.0395. The highest BCUT2D eigenvalue weighted by Crippen LogP contribution is 2.27. The summed E-state index contributed by atoms with van der Waals surface area (Å²) < 4.78 is 11.2. The van der Waals surface area contributed by atoms with E-state index in [-0.39, 0.29) is 12.1 Å². The molecule has 2 unspecified atom stereocenters. The van der Waals surface area contributed by atoms with E-state index in [0.717, 1.165) is 37.6 Å². The highest BCUT2D eigenvalue weighted by Gasteiger charge is 2.27. The minimum absolute atomic E-state index is 0.0370. The molecule has 0 amide bonds. The number of hydrogen-bond acceptors (Lipinski definition) is 4. The fourth-order valence-electron chi connectivity index (χ4n) is 2.38. The molecule has 1 saturated heterocycles. The Kier molecular flexibility index (Phi) is 4.58. The molecule has 0 saturated carbocycles. The zero-order valence-corrected chi connectivity index (χ0v) is 11.1. The Labute approximate surface area is 109 Å². The van der Waals surface area contributed by atoms with Crippen molar-refractivity contribution in [1.29, 1.82) is 0 Å². The third kappa shape index (κ3) is 2.83. The Morgan fingerprint density at radius 3 is 3.00 bits per heavy atom. The maximum absolute atomic E-state index is 6.33. The summed E-state index contributed by atoms with van der Waals surface area (Å²) >= 11 is 0. The summed E-state index contributed by atoms with van der Waals surface area (Å²) in [7, 11) is 1.67. The minimum Gasteiger partial charge on any atom is -0.496 e. The predicted octanol–water partition coefficient (Wildman–Crippen LogP) is 1.42. The molecule has 1 aromatic carbocycles. The molecule has 4 heteroatoms. The lowest BCUT2D eigenvalue weighted by Crippen LogP contribution is -2.46. The van der Waals surface area contributed by atoms with Crippen molar-refractivity contribution in [3.63, 3.8) is 0 Å². The van der Waals surface area contributed by atoms with E-state index in [1.807, 2.05) is 24.3 Å². The fraction of sp³-hybridized carbons (Fsp3) is 0.571. The van der Waals surface area contributed by atoms with Gasteiger partial charge in [-0.3, -0.25) is 4.90 Å². The van der Waals surface area contributed by atoms with E-state index in [9.17, 15) is 0 Å². The van der Waals surface area contributed by atoms with E-state index in [2.05, 4.69) is 11.8 Å². The van der Waals surface area contributed by atoms with Crippen LogP contribution in [0, 0.1) is 0 Å². The van der Waals surface area contributed by atoms with Crippen molar-refractivity contribution in [3.8, 4) is 5.75 Å². The predicted molar refractivity (Wildman–Crippen MR) is 71.8 cm³/mol. The summed E-state index contributed by atoms with van der Waals surface area (Å²) in [5, 5.41) is 0. The van der Waals surface area contributed by atoms with E-state index in [4.69, 9.17) is 15.2 Å². The second kappa shape index (κ2) is 6.18. The van der Waals surface area contributed by atoms with Gasteiger partial charge in [-0.05, 0) is 12.6 Å². The first-order chi connectivity index (χ1) is 8.76. The van der Waals surface area contributed by atoms with Crippen LogP contribution in [0.4, 0.5) is 0 Å². The lowest BCUT2D eigenvalue weighted by atomic mass is 10.00. The lowest BCUT2D eigenvalue weighted by Gasteiger charge is -2.35. The average molecular weight is 250 g/mol. The monoisotopic (exact) mass is 250 g/mol. The Balaban J connectivity index is 2.12. The first kappa shape index (κ1) is 13.3. The third-order valence-corrected chi connectivity index (χ3v) is 3.52. The second-order valence-electron chi connectivity index (χ2n) is 4.57. The van der Waals surface area contributed by atoms with Crippen LogP contribution in [-0.2, 0) is 4.74 Å². The van der Waals surface area contributed by atoms with Gasteiger partial charge in [0.2, 0.25) is 0 Å². The molecular formula is C14H22N2O2. The van der Waals surface area contributed by atoms with Crippen molar-refractivity contribution in [2.75, 3.05) is 33.4 Å². The zero-order chi connectivity index (χ0) is 13.0. The highest BCUT2D eigenvalue weighted by molar-refractivity contribution is 5.36.